The highest BCUT2D eigenvalue weighted by molar-refractivity contribution is 6.31. The molecule has 0 radical (unpaired) electrons. The van der Waals surface area contributed by atoms with E-state index in [0.717, 1.165) is 31.4 Å². The monoisotopic (exact) mass is 447 g/mol. The molecule has 2 fully saturated rings. The fourth-order valence-corrected chi connectivity index (χ4v) is 4.56. The van der Waals surface area contributed by atoms with Crippen LogP contribution >= 0.6 is 0 Å². The van der Waals surface area contributed by atoms with Crippen LogP contribution < -0.4 is 4.74 Å². The predicted octanol–water partition coefficient (Wildman–Crippen LogP) is 4.03. The minimum absolute atomic E-state index is 0.0231. The zero-order valence-corrected chi connectivity index (χ0v) is 20.0. The Bertz CT molecular complexity index is 769. The molecule has 0 N–H and O–H groups in total. The molecule has 0 aromatic heterocycles. The summed E-state index contributed by atoms with van der Waals surface area (Å²) in [5.41, 5.74) is 1.35. The average Bonchev–Trinajstić information content (AvgIpc) is 3.04. The van der Waals surface area contributed by atoms with Crippen molar-refractivity contribution in [3.63, 3.8) is 0 Å². The summed E-state index contributed by atoms with van der Waals surface area (Å²) in [5, 5.41) is 0. The molecule has 2 unspecified atom stereocenters. The maximum Gasteiger partial charge on any atom is 0.422 e. The number of methoxy groups -OCH3 is 1. The summed E-state index contributed by atoms with van der Waals surface area (Å²) in [6.45, 7) is 10.5. The molecule has 1 aromatic rings. The van der Waals surface area contributed by atoms with E-state index in [2.05, 4.69) is 39.8 Å². The molecule has 1 aromatic carbocycles. The van der Waals surface area contributed by atoms with Crippen LogP contribution in [-0.2, 0) is 29.2 Å². The Balaban J connectivity index is 1.66. The predicted molar refractivity (Wildman–Crippen MR) is 120 cm³/mol. The van der Waals surface area contributed by atoms with Gasteiger partial charge in [-0.1, -0.05) is 52.7 Å². The Hall–Kier alpha value is -2.12. The van der Waals surface area contributed by atoms with Crippen LogP contribution in [0.2, 0.25) is 0 Å². The topological polar surface area (TPSA) is 74.3 Å². The number of benzene rings is 1. The first-order valence-electron chi connectivity index (χ1n) is 11.7. The summed E-state index contributed by atoms with van der Waals surface area (Å²) in [4.78, 5) is 25.9. The second-order valence-electron chi connectivity index (χ2n) is 9.72. The van der Waals surface area contributed by atoms with E-state index in [0.29, 0.717) is 26.1 Å². The third-order valence-corrected chi connectivity index (χ3v) is 6.41. The van der Waals surface area contributed by atoms with Crippen molar-refractivity contribution in [1.29, 1.82) is 0 Å². The van der Waals surface area contributed by atoms with Gasteiger partial charge in [-0.05, 0) is 48.3 Å². The van der Waals surface area contributed by atoms with Gasteiger partial charge < -0.3 is 18.9 Å². The first-order chi connectivity index (χ1) is 15.2. The SMILES string of the molecule is CCCCCN1CCC(CCOc2ccc(C(C)(C)C)cc2)C(OC)C12OC(=O)C(=O)O2. The number of carbonyl (C=O) groups is 2. The van der Waals surface area contributed by atoms with Crippen molar-refractivity contribution in [3.05, 3.63) is 29.8 Å². The van der Waals surface area contributed by atoms with Crippen molar-refractivity contribution in [2.24, 2.45) is 5.92 Å². The van der Waals surface area contributed by atoms with Crippen molar-refractivity contribution in [2.45, 2.75) is 77.2 Å². The molecule has 3 rings (SSSR count). The van der Waals surface area contributed by atoms with Crippen LogP contribution in [0.25, 0.3) is 0 Å². The molecule has 0 saturated carbocycles. The minimum atomic E-state index is -1.48. The lowest BCUT2D eigenvalue weighted by molar-refractivity contribution is -0.322. The Labute approximate surface area is 191 Å². The third kappa shape index (κ3) is 5.26. The van der Waals surface area contributed by atoms with Gasteiger partial charge in [-0.25, -0.2) is 14.5 Å². The number of unbranched alkanes of at least 4 members (excludes halogenated alkanes) is 2. The smallest absolute Gasteiger partial charge is 0.422 e. The molecule has 2 heterocycles. The summed E-state index contributed by atoms with van der Waals surface area (Å²) in [6, 6.07) is 8.17. The van der Waals surface area contributed by atoms with Gasteiger partial charge in [0.05, 0.1) is 6.61 Å². The molecule has 2 atom stereocenters. The maximum atomic E-state index is 12.0. The highest BCUT2D eigenvalue weighted by Crippen LogP contribution is 2.41. The standard InChI is InChI=1S/C25H37NO6/c1-6-7-8-15-26-16-13-18(21(29-5)25(26)31-22(27)23(28)32-25)14-17-30-20-11-9-19(10-12-20)24(2,3)4/h9-12,18,21H,6-8,13-17H2,1-5H3. The van der Waals surface area contributed by atoms with Gasteiger partial charge in [-0.15, -0.1) is 0 Å². The van der Waals surface area contributed by atoms with E-state index in [1.165, 1.54) is 5.56 Å². The molecule has 178 valence electrons. The maximum absolute atomic E-state index is 12.0. The van der Waals surface area contributed by atoms with E-state index in [9.17, 15) is 9.59 Å². The first kappa shape index (κ1) is 24.5. The first-order valence-corrected chi connectivity index (χ1v) is 11.7. The van der Waals surface area contributed by atoms with Gasteiger partial charge >= 0.3 is 17.8 Å². The van der Waals surface area contributed by atoms with Crippen LogP contribution in [0.4, 0.5) is 0 Å². The summed E-state index contributed by atoms with van der Waals surface area (Å²) < 4.78 is 22.8. The minimum Gasteiger partial charge on any atom is -0.494 e. The number of carbonyl (C=O) groups excluding carboxylic acids is 2. The summed E-state index contributed by atoms with van der Waals surface area (Å²) in [6.07, 6.45) is 4.03. The van der Waals surface area contributed by atoms with Crippen LogP contribution in [-0.4, -0.2) is 55.7 Å². The van der Waals surface area contributed by atoms with Gasteiger partial charge in [0, 0.05) is 20.2 Å². The van der Waals surface area contributed by atoms with Gasteiger partial charge in [0.15, 0.2) is 6.10 Å². The van der Waals surface area contributed by atoms with Crippen LogP contribution in [0.1, 0.15) is 65.4 Å². The number of piperidine rings is 1. The zero-order valence-electron chi connectivity index (χ0n) is 20.0. The zero-order chi connectivity index (χ0) is 23.4. The number of hydrogen-bond acceptors (Lipinski definition) is 7. The molecule has 32 heavy (non-hydrogen) atoms. The molecule has 0 aliphatic carbocycles. The van der Waals surface area contributed by atoms with Crippen molar-refractivity contribution in [1.82, 2.24) is 4.90 Å². The lowest BCUT2D eigenvalue weighted by Crippen LogP contribution is -2.65. The highest BCUT2D eigenvalue weighted by atomic mass is 16.8. The summed E-state index contributed by atoms with van der Waals surface area (Å²) in [5.74, 6) is -2.55. The molecule has 0 amide bonds. The van der Waals surface area contributed by atoms with Gasteiger partial charge in [0.25, 0.3) is 0 Å². The number of esters is 2. The fourth-order valence-electron chi connectivity index (χ4n) is 4.56. The second-order valence-corrected chi connectivity index (χ2v) is 9.72. The lowest BCUT2D eigenvalue weighted by Gasteiger charge is -2.48. The quantitative estimate of drug-likeness (QED) is 0.321. The van der Waals surface area contributed by atoms with Gasteiger partial charge in [0.2, 0.25) is 0 Å². The van der Waals surface area contributed by atoms with Crippen LogP contribution in [0.3, 0.4) is 0 Å². The van der Waals surface area contributed by atoms with Crippen LogP contribution in [0.15, 0.2) is 24.3 Å². The number of ether oxygens (including phenoxy) is 4. The average molecular weight is 448 g/mol. The number of likely N-dealkylation sites (tertiary alicyclic amines) is 1. The molecular weight excluding hydrogens is 410 g/mol. The van der Waals surface area contributed by atoms with Gasteiger partial charge in [-0.3, -0.25) is 0 Å². The van der Waals surface area contributed by atoms with Crippen molar-refractivity contribution in [2.75, 3.05) is 26.8 Å². The third-order valence-electron chi connectivity index (χ3n) is 6.41. The van der Waals surface area contributed by atoms with E-state index < -0.39 is 24.0 Å². The molecule has 2 aliphatic heterocycles. The van der Waals surface area contributed by atoms with Crippen LogP contribution in [0.5, 0.6) is 5.75 Å². The normalized spacial score (nSPS) is 23.3. The number of nitrogens with zero attached hydrogens (tertiary/aromatic N) is 1. The molecule has 2 aliphatic rings. The Morgan fingerprint density at radius 2 is 1.75 bits per heavy atom. The van der Waals surface area contributed by atoms with Crippen LogP contribution in [0, 0.1) is 5.92 Å². The van der Waals surface area contributed by atoms with Crippen molar-refractivity contribution in [3.8, 4) is 5.75 Å². The molecular formula is C25H37NO6. The fraction of sp³-hybridized carbons (Fsp3) is 0.680. The van der Waals surface area contributed by atoms with Crippen molar-refractivity contribution >= 4 is 11.9 Å². The molecule has 1 spiro atoms. The molecule has 2 saturated heterocycles. The second kappa shape index (κ2) is 10.2. The largest absolute Gasteiger partial charge is 0.494 e. The Kier molecular flexibility index (Phi) is 7.83. The number of rotatable bonds is 9. The molecule has 7 heteroatoms. The molecule has 7 nitrogen and oxygen atoms in total. The van der Waals surface area contributed by atoms with Crippen molar-refractivity contribution < 1.29 is 28.5 Å². The van der Waals surface area contributed by atoms with Gasteiger partial charge in [-0.2, -0.15) is 0 Å². The van der Waals surface area contributed by atoms with E-state index in [-0.39, 0.29) is 11.3 Å². The van der Waals surface area contributed by atoms with E-state index in [1.54, 1.807) is 7.11 Å². The van der Waals surface area contributed by atoms with E-state index in [1.807, 2.05) is 17.0 Å². The van der Waals surface area contributed by atoms with E-state index >= 15 is 0 Å². The molecule has 0 bridgehead atoms. The summed E-state index contributed by atoms with van der Waals surface area (Å²) >= 11 is 0. The summed E-state index contributed by atoms with van der Waals surface area (Å²) in [7, 11) is 1.57. The highest BCUT2D eigenvalue weighted by Gasteiger charge is 2.62. The Morgan fingerprint density at radius 3 is 2.31 bits per heavy atom. The number of hydrogen-bond donors (Lipinski definition) is 0. The van der Waals surface area contributed by atoms with Gasteiger partial charge in [0.1, 0.15) is 5.75 Å². The van der Waals surface area contributed by atoms with E-state index in [4.69, 9.17) is 18.9 Å². The Morgan fingerprint density at radius 1 is 1.09 bits per heavy atom. The lowest BCUT2D eigenvalue weighted by atomic mass is 9.87.